The Morgan fingerprint density at radius 2 is 2.25 bits per heavy atom. The van der Waals surface area contributed by atoms with Crippen molar-refractivity contribution in [3.05, 3.63) is 56.7 Å². The van der Waals surface area contributed by atoms with Crippen LogP contribution in [-0.4, -0.2) is 17.0 Å². The van der Waals surface area contributed by atoms with Crippen molar-refractivity contribution in [2.45, 2.75) is 6.54 Å². The van der Waals surface area contributed by atoms with Gasteiger partial charge < -0.3 is 10.1 Å². The van der Waals surface area contributed by atoms with Gasteiger partial charge in [-0.1, -0.05) is 22.0 Å². The third-order valence-electron chi connectivity index (χ3n) is 2.54. The van der Waals surface area contributed by atoms with Crippen LogP contribution in [0.2, 0.25) is 0 Å². The predicted octanol–water partition coefficient (Wildman–Crippen LogP) is 3.26. The number of hydrogen-bond donors (Lipinski definition) is 1. The van der Waals surface area contributed by atoms with Gasteiger partial charge in [-0.15, -0.1) is 0 Å². The van der Waals surface area contributed by atoms with Crippen LogP contribution >= 0.6 is 15.9 Å². The van der Waals surface area contributed by atoms with Gasteiger partial charge in [0.05, 0.1) is 4.92 Å². The Morgan fingerprint density at radius 3 is 2.95 bits per heavy atom. The van der Waals surface area contributed by atoms with Crippen LogP contribution in [-0.2, 0) is 6.54 Å². The monoisotopic (exact) mass is 337 g/mol. The highest BCUT2D eigenvalue weighted by Crippen LogP contribution is 2.33. The van der Waals surface area contributed by atoms with Crippen molar-refractivity contribution < 1.29 is 9.66 Å². The molecule has 20 heavy (non-hydrogen) atoms. The first-order valence-corrected chi connectivity index (χ1v) is 6.61. The minimum absolute atomic E-state index is 0.111. The molecule has 0 unspecified atom stereocenters. The zero-order valence-electron chi connectivity index (χ0n) is 10.7. The van der Waals surface area contributed by atoms with E-state index >= 15 is 0 Å². The van der Waals surface area contributed by atoms with Crippen molar-refractivity contribution in [2.24, 2.45) is 0 Å². The van der Waals surface area contributed by atoms with Gasteiger partial charge in [-0.2, -0.15) is 0 Å². The Hall–Kier alpha value is -1.99. The Labute approximate surface area is 124 Å². The largest absolute Gasteiger partial charge is 0.431 e. The second kappa shape index (κ2) is 6.44. The maximum absolute atomic E-state index is 11.0. The quantitative estimate of drug-likeness (QED) is 0.669. The van der Waals surface area contributed by atoms with Gasteiger partial charge in [-0.05, 0) is 25.2 Å². The van der Waals surface area contributed by atoms with Crippen molar-refractivity contribution in [3.8, 4) is 11.6 Å². The number of hydrogen-bond acceptors (Lipinski definition) is 5. The number of nitrogens with zero attached hydrogens (tertiary/aromatic N) is 2. The molecule has 7 heteroatoms. The summed E-state index contributed by atoms with van der Waals surface area (Å²) in [6, 6.07) is 8.26. The van der Waals surface area contributed by atoms with Crippen LogP contribution in [0.25, 0.3) is 0 Å². The SMILES string of the molecule is CNCc1cccnc1Oc1ccc(Br)cc1[N+](=O)[O-]. The normalized spacial score (nSPS) is 10.3. The average molecular weight is 338 g/mol. The second-order valence-electron chi connectivity index (χ2n) is 3.97. The maximum atomic E-state index is 11.0. The van der Waals surface area contributed by atoms with E-state index in [1.54, 1.807) is 31.4 Å². The molecule has 104 valence electrons. The first kappa shape index (κ1) is 14.4. The van der Waals surface area contributed by atoms with Gasteiger partial charge in [0, 0.05) is 28.8 Å². The lowest BCUT2D eigenvalue weighted by atomic mass is 10.2. The number of halogens is 1. The van der Waals surface area contributed by atoms with Gasteiger partial charge in [-0.25, -0.2) is 4.98 Å². The number of nitrogens with one attached hydrogen (secondary N) is 1. The molecule has 1 N–H and O–H groups in total. The van der Waals surface area contributed by atoms with Crippen LogP contribution < -0.4 is 10.1 Å². The summed E-state index contributed by atoms with van der Waals surface area (Å²) in [5.41, 5.74) is 0.715. The number of ether oxygens (including phenoxy) is 1. The molecule has 1 aromatic carbocycles. The second-order valence-corrected chi connectivity index (χ2v) is 4.88. The van der Waals surface area contributed by atoms with Gasteiger partial charge in [0.25, 0.3) is 0 Å². The molecule has 0 atom stereocenters. The number of rotatable bonds is 5. The smallest absolute Gasteiger partial charge is 0.312 e. The summed E-state index contributed by atoms with van der Waals surface area (Å²) in [4.78, 5) is 14.7. The summed E-state index contributed by atoms with van der Waals surface area (Å²) in [6.45, 7) is 0.563. The lowest BCUT2D eigenvalue weighted by molar-refractivity contribution is -0.385. The van der Waals surface area contributed by atoms with Gasteiger partial charge in [-0.3, -0.25) is 10.1 Å². The number of aromatic nitrogens is 1. The molecule has 0 saturated heterocycles. The lowest BCUT2D eigenvalue weighted by Crippen LogP contribution is -2.07. The number of nitro groups is 1. The number of pyridine rings is 1. The van der Waals surface area contributed by atoms with E-state index in [-0.39, 0.29) is 11.4 Å². The summed E-state index contributed by atoms with van der Waals surface area (Å²) in [6.07, 6.45) is 1.58. The molecule has 1 heterocycles. The zero-order valence-corrected chi connectivity index (χ0v) is 12.3. The summed E-state index contributed by atoms with van der Waals surface area (Å²) in [7, 11) is 1.80. The molecular weight excluding hydrogens is 326 g/mol. The number of nitro benzene ring substituents is 1. The molecule has 2 aromatic rings. The average Bonchev–Trinajstić information content (AvgIpc) is 2.43. The Balaban J connectivity index is 2.37. The molecule has 0 aliphatic rings. The molecule has 1 aromatic heterocycles. The minimum Gasteiger partial charge on any atom is -0.431 e. The van der Waals surface area contributed by atoms with E-state index < -0.39 is 4.92 Å². The molecule has 0 saturated carbocycles. The van der Waals surface area contributed by atoms with E-state index in [2.05, 4.69) is 26.2 Å². The summed E-state index contributed by atoms with van der Waals surface area (Å²) < 4.78 is 6.21. The molecule has 0 bridgehead atoms. The molecule has 0 aliphatic heterocycles. The van der Waals surface area contributed by atoms with E-state index in [4.69, 9.17) is 4.74 Å². The summed E-state index contributed by atoms with van der Waals surface area (Å²) in [5, 5.41) is 14.0. The topological polar surface area (TPSA) is 77.3 Å². The van der Waals surface area contributed by atoms with E-state index in [0.717, 1.165) is 5.56 Å². The van der Waals surface area contributed by atoms with E-state index in [1.807, 2.05) is 6.07 Å². The Morgan fingerprint density at radius 1 is 1.45 bits per heavy atom. The van der Waals surface area contributed by atoms with Crippen molar-refractivity contribution in [1.29, 1.82) is 0 Å². The van der Waals surface area contributed by atoms with E-state index in [0.29, 0.717) is 16.9 Å². The summed E-state index contributed by atoms with van der Waals surface area (Å²) >= 11 is 3.20. The molecule has 0 radical (unpaired) electrons. The van der Waals surface area contributed by atoms with E-state index in [9.17, 15) is 10.1 Å². The lowest BCUT2D eigenvalue weighted by Gasteiger charge is -2.09. The van der Waals surface area contributed by atoms with Gasteiger partial charge in [0.1, 0.15) is 0 Å². The Bertz CT molecular complexity index is 634. The third-order valence-corrected chi connectivity index (χ3v) is 3.03. The van der Waals surface area contributed by atoms with Crippen LogP contribution in [0.1, 0.15) is 5.56 Å². The zero-order chi connectivity index (χ0) is 14.5. The van der Waals surface area contributed by atoms with Crippen LogP contribution in [0.3, 0.4) is 0 Å². The van der Waals surface area contributed by atoms with Gasteiger partial charge in [0.2, 0.25) is 11.6 Å². The van der Waals surface area contributed by atoms with Gasteiger partial charge >= 0.3 is 5.69 Å². The van der Waals surface area contributed by atoms with Crippen LogP contribution in [0, 0.1) is 10.1 Å². The van der Waals surface area contributed by atoms with Crippen LogP contribution in [0.5, 0.6) is 11.6 Å². The predicted molar refractivity (Wildman–Crippen MR) is 77.9 cm³/mol. The highest BCUT2D eigenvalue weighted by atomic mass is 79.9. The van der Waals surface area contributed by atoms with Crippen molar-refractivity contribution in [3.63, 3.8) is 0 Å². The molecule has 0 aliphatic carbocycles. The number of benzene rings is 1. The third kappa shape index (κ3) is 3.31. The van der Waals surface area contributed by atoms with E-state index in [1.165, 1.54) is 6.07 Å². The maximum Gasteiger partial charge on any atom is 0.312 e. The first-order valence-electron chi connectivity index (χ1n) is 5.82. The fourth-order valence-electron chi connectivity index (χ4n) is 1.66. The Kier molecular flexibility index (Phi) is 4.65. The first-order chi connectivity index (χ1) is 9.61. The molecule has 0 fully saturated rings. The standard InChI is InChI=1S/C13H12BrN3O3/c1-15-8-9-3-2-6-16-13(9)20-12-5-4-10(14)7-11(12)17(18)19/h2-7,15H,8H2,1H3. The van der Waals surface area contributed by atoms with Crippen molar-refractivity contribution in [2.75, 3.05) is 7.05 Å². The molecule has 0 amide bonds. The molecular formula is C13H12BrN3O3. The van der Waals surface area contributed by atoms with Crippen molar-refractivity contribution in [1.82, 2.24) is 10.3 Å². The molecule has 2 rings (SSSR count). The summed E-state index contributed by atoms with van der Waals surface area (Å²) in [5.74, 6) is 0.515. The van der Waals surface area contributed by atoms with Crippen molar-refractivity contribution >= 4 is 21.6 Å². The fourth-order valence-corrected chi connectivity index (χ4v) is 2.01. The highest BCUT2D eigenvalue weighted by Gasteiger charge is 2.17. The molecule has 6 nitrogen and oxygen atoms in total. The highest BCUT2D eigenvalue weighted by molar-refractivity contribution is 9.10. The fraction of sp³-hybridized carbons (Fsp3) is 0.154. The van der Waals surface area contributed by atoms with Crippen LogP contribution in [0.15, 0.2) is 41.0 Å². The van der Waals surface area contributed by atoms with Crippen LogP contribution in [0.4, 0.5) is 5.69 Å². The minimum atomic E-state index is -0.485. The molecule has 0 spiro atoms. The van der Waals surface area contributed by atoms with Gasteiger partial charge in [0.15, 0.2) is 0 Å².